The summed E-state index contributed by atoms with van der Waals surface area (Å²) in [6, 6.07) is 10.8. The standard InChI is InChI=1S/C16H24N2S.ClH/c1-2-4-15(5-3-1)12-19-11-10-18-9-7-16(14-18)6-8-17-13-16;/h1-5,17H,6-14H2;1H. The molecule has 0 saturated carbocycles. The van der Waals surface area contributed by atoms with Crippen LogP contribution in [0, 0.1) is 5.41 Å². The fraction of sp³-hybridized carbons (Fsp3) is 0.625. The Bertz CT molecular complexity index is 393. The third-order valence-corrected chi connectivity index (χ3v) is 5.52. The summed E-state index contributed by atoms with van der Waals surface area (Å²) in [7, 11) is 0. The molecule has 2 fully saturated rings. The summed E-state index contributed by atoms with van der Waals surface area (Å²) in [5.74, 6) is 2.42. The van der Waals surface area contributed by atoms with Crippen LogP contribution in [-0.2, 0) is 5.75 Å². The van der Waals surface area contributed by atoms with Crippen LogP contribution in [-0.4, -0.2) is 43.4 Å². The normalized spacial score (nSPS) is 26.0. The molecule has 4 heteroatoms. The molecule has 1 unspecified atom stereocenters. The highest BCUT2D eigenvalue weighted by Gasteiger charge is 2.39. The summed E-state index contributed by atoms with van der Waals surface area (Å²) in [4.78, 5) is 2.67. The first kappa shape index (κ1) is 16.2. The van der Waals surface area contributed by atoms with E-state index in [0.717, 1.165) is 5.75 Å². The van der Waals surface area contributed by atoms with Gasteiger partial charge in [0.1, 0.15) is 0 Å². The fourth-order valence-corrected chi connectivity index (χ4v) is 4.28. The van der Waals surface area contributed by atoms with Gasteiger partial charge in [-0.1, -0.05) is 30.3 Å². The summed E-state index contributed by atoms with van der Waals surface area (Å²) >= 11 is 2.07. The molecule has 1 N–H and O–H groups in total. The lowest BCUT2D eigenvalue weighted by atomic mass is 9.87. The van der Waals surface area contributed by atoms with E-state index in [0.29, 0.717) is 5.41 Å². The van der Waals surface area contributed by atoms with E-state index in [1.165, 1.54) is 56.9 Å². The van der Waals surface area contributed by atoms with E-state index in [9.17, 15) is 0 Å². The molecule has 0 aromatic heterocycles. The molecule has 2 saturated heterocycles. The Morgan fingerprint density at radius 1 is 1.20 bits per heavy atom. The van der Waals surface area contributed by atoms with Gasteiger partial charge in [-0.25, -0.2) is 0 Å². The molecule has 2 aliphatic rings. The second kappa shape index (κ2) is 7.69. The minimum Gasteiger partial charge on any atom is -0.316 e. The summed E-state index contributed by atoms with van der Waals surface area (Å²) in [5.41, 5.74) is 2.08. The van der Waals surface area contributed by atoms with Crippen molar-refractivity contribution in [1.82, 2.24) is 10.2 Å². The van der Waals surface area contributed by atoms with Gasteiger partial charge in [-0.05, 0) is 36.9 Å². The quantitative estimate of drug-likeness (QED) is 0.841. The Labute approximate surface area is 133 Å². The van der Waals surface area contributed by atoms with Crippen LogP contribution in [0.2, 0.25) is 0 Å². The smallest absolute Gasteiger partial charge is 0.0185 e. The maximum atomic E-state index is 3.53. The van der Waals surface area contributed by atoms with Gasteiger partial charge in [0.25, 0.3) is 0 Å². The van der Waals surface area contributed by atoms with Gasteiger partial charge in [0.15, 0.2) is 0 Å². The minimum atomic E-state index is 0. The van der Waals surface area contributed by atoms with Crippen LogP contribution >= 0.6 is 24.2 Å². The lowest BCUT2D eigenvalue weighted by Gasteiger charge is -2.22. The summed E-state index contributed by atoms with van der Waals surface area (Å²) < 4.78 is 0. The lowest BCUT2D eigenvalue weighted by molar-refractivity contribution is 0.285. The van der Waals surface area contributed by atoms with Crippen LogP contribution < -0.4 is 5.32 Å². The number of hydrogen-bond acceptors (Lipinski definition) is 3. The van der Waals surface area contributed by atoms with Gasteiger partial charge >= 0.3 is 0 Å². The zero-order chi connectivity index (χ0) is 13.0. The number of halogens is 1. The lowest BCUT2D eigenvalue weighted by Crippen LogP contribution is -2.30. The van der Waals surface area contributed by atoms with E-state index in [1.807, 2.05) is 0 Å². The van der Waals surface area contributed by atoms with Crippen molar-refractivity contribution >= 4 is 24.2 Å². The van der Waals surface area contributed by atoms with Crippen LogP contribution in [0.3, 0.4) is 0 Å². The molecule has 112 valence electrons. The largest absolute Gasteiger partial charge is 0.316 e. The second-order valence-electron chi connectivity index (χ2n) is 5.99. The summed E-state index contributed by atoms with van der Waals surface area (Å²) in [6.45, 7) is 6.38. The molecular formula is C16H25ClN2S. The van der Waals surface area contributed by atoms with E-state index >= 15 is 0 Å². The van der Waals surface area contributed by atoms with E-state index in [2.05, 4.69) is 52.3 Å². The van der Waals surface area contributed by atoms with Gasteiger partial charge < -0.3 is 10.2 Å². The minimum absolute atomic E-state index is 0. The first-order valence-electron chi connectivity index (χ1n) is 7.41. The highest BCUT2D eigenvalue weighted by molar-refractivity contribution is 7.98. The Morgan fingerprint density at radius 2 is 2.05 bits per heavy atom. The molecule has 1 spiro atoms. The third kappa shape index (κ3) is 4.14. The Balaban J connectivity index is 0.00000147. The van der Waals surface area contributed by atoms with Crippen LogP contribution in [0.5, 0.6) is 0 Å². The Morgan fingerprint density at radius 3 is 2.80 bits per heavy atom. The molecule has 2 nitrogen and oxygen atoms in total. The van der Waals surface area contributed by atoms with Crippen molar-refractivity contribution in [2.45, 2.75) is 18.6 Å². The molecule has 3 rings (SSSR count). The molecule has 0 radical (unpaired) electrons. The number of likely N-dealkylation sites (tertiary alicyclic amines) is 1. The molecule has 0 amide bonds. The predicted molar refractivity (Wildman–Crippen MR) is 90.8 cm³/mol. The van der Waals surface area contributed by atoms with Crippen molar-refractivity contribution in [3.8, 4) is 0 Å². The first-order valence-corrected chi connectivity index (χ1v) is 8.57. The van der Waals surface area contributed by atoms with Crippen LogP contribution in [0.1, 0.15) is 18.4 Å². The molecule has 1 aromatic carbocycles. The number of rotatable bonds is 5. The number of nitrogens with one attached hydrogen (secondary N) is 1. The van der Waals surface area contributed by atoms with Crippen molar-refractivity contribution in [3.63, 3.8) is 0 Å². The zero-order valence-electron chi connectivity index (χ0n) is 12.0. The van der Waals surface area contributed by atoms with E-state index in [1.54, 1.807) is 0 Å². The average molecular weight is 313 g/mol. The summed E-state index contributed by atoms with van der Waals surface area (Å²) in [5, 5.41) is 3.53. The SMILES string of the molecule is Cl.c1ccc(CSCCN2CCC3(CCNC3)C2)cc1. The van der Waals surface area contributed by atoms with Crippen molar-refractivity contribution in [3.05, 3.63) is 35.9 Å². The van der Waals surface area contributed by atoms with Crippen molar-refractivity contribution in [2.24, 2.45) is 5.41 Å². The van der Waals surface area contributed by atoms with Gasteiger partial charge in [0, 0.05) is 31.1 Å². The average Bonchev–Trinajstić information content (AvgIpc) is 3.07. The number of thioether (sulfide) groups is 1. The zero-order valence-corrected chi connectivity index (χ0v) is 13.6. The molecule has 20 heavy (non-hydrogen) atoms. The maximum Gasteiger partial charge on any atom is 0.0185 e. The predicted octanol–water partition coefficient (Wildman–Crippen LogP) is 3.03. The van der Waals surface area contributed by atoms with Gasteiger partial charge in [-0.3, -0.25) is 0 Å². The van der Waals surface area contributed by atoms with E-state index < -0.39 is 0 Å². The van der Waals surface area contributed by atoms with Gasteiger partial charge in [0.2, 0.25) is 0 Å². The van der Waals surface area contributed by atoms with E-state index in [4.69, 9.17) is 0 Å². The van der Waals surface area contributed by atoms with Crippen molar-refractivity contribution in [2.75, 3.05) is 38.5 Å². The van der Waals surface area contributed by atoms with Gasteiger partial charge in [0.05, 0.1) is 0 Å². The molecule has 1 atom stereocenters. The highest BCUT2D eigenvalue weighted by Crippen LogP contribution is 2.35. The van der Waals surface area contributed by atoms with Crippen LogP contribution in [0.15, 0.2) is 30.3 Å². The number of nitrogens with zero attached hydrogens (tertiary/aromatic N) is 1. The molecule has 2 heterocycles. The Hall–Kier alpha value is -0.220. The molecular weight excluding hydrogens is 288 g/mol. The number of benzene rings is 1. The van der Waals surface area contributed by atoms with Gasteiger partial charge in [-0.2, -0.15) is 11.8 Å². The topological polar surface area (TPSA) is 15.3 Å². The highest BCUT2D eigenvalue weighted by atomic mass is 35.5. The van der Waals surface area contributed by atoms with Crippen LogP contribution in [0.4, 0.5) is 0 Å². The maximum absolute atomic E-state index is 3.53. The molecule has 0 aliphatic carbocycles. The number of hydrogen-bond donors (Lipinski definition) is 1. The second-order valence-corrected chi connectivity index (χ2v) is 7.10. The summed E-state index contributed by atoms with van der Waals surface area (Å²) in [6.07, 6.45) is 2.80. The Kier molecular flexibility index (Phi) is 6.21. The fourth-order valence-electron chi connectivity index (χ4n) is 3.32. The molecule has 0 bridgehead atoms. The third-order valence-electron chi connectivity index (χ3n) is 4.51. The van der Waals surface area contributed by atoms with Crippen molar-refractivity contribution < 1.29 is 0 Å². The first-order chi connectivity index (χ1) is 9.36. The van der Waals surface area contributed by atoms with E-state index in [-0.39, 0.29) is 12.4 Å². The van der Waals surface area contributed by atoms with Crippen LogP contribution in [0.25, 0.3) is 0 Å². The monoisotopic (exact) mass is 312 g/mol. The molecule has 1 aromatic rings. The van der Waals surface area contributed by atoms with Gasteiger partial charge in [-0.15, -0.1) is 12.4 Å². The molecule has 2 aliphatic heterocycles. The van der Waals surface area contributed by atoms with Crippen molar-refractivity contribution in [1.29, 1.82) is 0 Å².